The first kappa shape index (κ1) is 27.6. The van der Waals surface area contributed by atoms with Crippen LogP contribution in [-0.4, -0.2) is 64.2 Å². The van der Waals surface area contributed by atoms with E-state index in [1.807, 2.05) is 30.3 Å². The average molecular weight is 528 g/mol. The van der Waals surface area contributed by atoms with Gasteiger partial charge in [0.15, 0.2) is 0 Å². The van der Waals surface area contributed by atoms with Gasteiger partial charge >= 0.3 is 203 Å². The van der Waals surface area contributed by atoms with Crippen LogP contribution in [0.1, 0.15) is 15.9 Å². The van der Waals surface area contributed by atoms with Gasteiger partial charge in [-0.05, 0) is 0 Å². The molecule has 0 bridgehead atoms. The molecule has 2 aromatic rings. The van der Waals surface area contributed by atoms with Crippen LogP contribution in [-0.2, 0) is 20.9 Å². The summed E-state index contributed by atoms with van der Waals surface area (Å²) >= 11 is 3.37. The van der Waals surface area contributed by atoms with E-state index in [0.29, 0.717) is 30.2 Å². The van der Waals surface area contributed by atoms with Crippen molar-refractivity contribution in [1.29, 1.82) is 0 Å². The van der Waals surface area contributed by atoms with E-state index in [4.69, 9.17) is 19.3 Å². The van der Waals surface area contributed by atoms with Crippen LogP contribution in [0, 0.1) is 0 Å². The molecule has 2 aromatic carbocycles. The van der Waals surface area contributed by atoms with Crippen molar-refractivity contribution >= 4 is 49.3 Å². The molecular formula is C21H25B3BrN3O6. The summed E-state index contributed by atoms with van der Waals surface area (Å²) in [6, 6.07) is 14.0. The molecule has 34 heavy (non-hydrogen) atoms. The van der Waals surface area contributed by atoms with E-state index < -0.39 is 19.1 Å². The van der Waals surface area contributed by atoms with Gasteiger partial charge in [-0.2, -0.15) is 0 Å². The summed E-state index contributed by atoms with van der Waals surface area (Å²) in [7, 11) is 1.48. The number of carbonyl (C=O) groups excluding carboxylic acids is 1. The molecule has 9 nitrogen and oxygen atoms in total. The van der Waals surface area contributed by atoms with E-state index in [1.54, 1.807) is 25.0 Å². The van der Waals surface area contributed by atoms with Crippen LogP contribution < -0.4 is 9.96 Å². The van der Waals surface area contributed by atoms with Gasteiger partial charge in [-0.3, -0.25) is 0 Å². The molecule has 2 N–H and O–H groups in total. The summed E-state index contributed by atoms with van der Waals surface area (Å²) in [6.07, 6.45) is 1.49. The minimum atomic E-state index is -0.620. The molecule has 0 aliphatic rings. The zero-order valence-corrected chi connectivity index (χ0v) is 20.4. The molecule has 1 atom stereocenters. The zero-order chi connectivity index (χ0) is 24.6. The van der Waals surface area contributed by atoms with E-state index in [0.717, 1.165) is 11.7 Å². The van der Waals surface area contributed by atoms with Crippen LogP contribution in [0.15, 0.2) is 63.1 Å². The molecule has 0 fully saturated rings. The SMILES string of the molecule is CB(O)NCCON=BC[C@@H](COc1ccc(Br)cc1C(=O)OCc1ccccc1)N=CB=O. The second-order valence-electron chi connectivity index (χ2n) is 7.09. The monoisotopic (exact) mass is 527 g/mol. The Balaban J connectivity index is 1.95. The van der Waals surface area contributed by atoms with Crippen molar-refractivity contribution in [2.75, 3.05) is 19.8 Å². The predicted molar refractivity (Wildman–Crippen MR) is 135 cm³/mol. The summed E-state index contributed by atoms with van der Waals surface area (Å²) < 4.78 is 22.7. The number of hydrogen-bond donors (Lipinski definition) is 2. The number of aliphatic imine (C=N–C) groups is 1. The maximum absolute atomic E-state index is 12.7. The average Bonchev–Trinajstić information content (AvgIpc) is 2.84. The molecule has 176 valence electrons. The molecule has 0 saturated heterocycles. The predicted octanol–water partition coefficient (Wildman–Crippen LogP) is 2.57. The molecule has 0 aromatic heterocycles. The van der Waals surface area contributed by atoms with E-state index in [2.05, 4.69) is 31.2 Å². The van der Waals surface area contributed by atoms with E-state index in [-0.39, 0.29) is 25.4 Å². The number of hydrogen-bond acceptors (Lipinski definition) is 9. The third-order valence-electron chi connectivity index (χ3n) is 4.32. The standard InChI is InChI=1S/C21H25B3BrN3O6/c1-24(31)27-9-10-34-28-22-12-18(26-15-23-30)14-32-20-8-7-17(25)11-19(20)21(29)33-13-16-5-3-2-4-6-16/h2-8,11,15,18,27,31H,9-10,12-14H2,1H3/t18-/m0/s1. The van der Waals surface area contributed by atoms with Gasteiger partial charge in [0.05, 0.1) is 0 Å². The van der Waals surface area contributed by atoms with Crippen LogP contribution in [0.4, 0.5) is 0 Å². The van der Waals surface area contributed by atoms with Gasteiger partial charge in [0.25, 0.3) is 0 Å². The van der Waals surface area contributed by atoms with Crippen molar-refractivity contribution in [1.82, 2.24) is 5.23 Å². The van der Waals surface area contributed by atoms with E-state index in [1.165, 1.54) is 7.07 Å². The number of carbonyl (C=O) groups is 1. The Labute approximate surface area is 208 Å². The molecule has 0 heterocycles. The summed E-state index contributed by atoms with van der Waals surface area (Å²) in [4.78, 5) is 21.9. The van der Waals surface area contributed by atoms with Crippen LogP contribution in [0.5, 0.6) is 5.75 Å². The van der Waals surface area contributed by atoms with Crippen molar-refractivity contribution < 1.29 is 28.8 Å². The van der Waals surface area contributed by atoms with Crippen molar-refractivity contribution in [3.63, 3.8) is 0 Å². The number of esters is 1. The van der Waals surface area contributed by atoms with Crippen LogP contribution in [0.2, 0.25) is 13.1 Å². The maximum atomic E-state index is 12.7. The van der Waals surface area contributed by atoms with Crippen molar-refractivity contribution in [2.24, 2.45) is 10.1 Å². The van der Waals surface area contributed by atoms with Crippen LogP contribution in [0.3, 0.4) is 0 Å². The molecule has 0 radical (unpaired) electrons. The molecule has 0 aliphatic heterocycles. The number of rotatable bonds is 15. The number of halogens is 1. The molecular weight excluding hydrogens is 503 g/mol. The fraction of sp³-hybridized carbons (Fsp3) is 0.333. The summed E-state index contributed by atoms with van der Waals surface area (Å²) in [5.74, 6) is -0.182. The first-order chi connectivity index (χ1) is 16.5. The van der Waals surface area contributed by atoms with Crippen LogP contribution in [0.25, 0.3) is 0 Å². The Morgan fingerprint density at radius 1 is 1.29 bits per heavy atom. The number of ether oxygens (including phenoxy) is 2. The number of benzene rings is 2. The van der Waals surface area contributed by atoms with Gasteiger partial charge in [0.1, 0.15) is 0 Å². The number of nitrogens with one attached hydrogen (secondary N) is 1. The Morgan fingerprint density at radius 2 is 2.09 bits per heavy atom. The molecule has 13 heteroatoms. The minimum absolute atomic E-state index is 0.0978. The quantitative estimate of drug-likeness (QED) is 0.120. The van der Waals surface area contributed by atoms with Crippen molar-refractivity contribution in [3.05, 3.63) is 64.1 Å². The Morgan fingerprint density at radius 3 is 2.82 bits per heavy atom. The molecule has 0 unspecified atom stereocenters. The Bertz CT molecular complexity index is 966. The zero-order valence-electron chi connectivity index (χ0n) is 18.8. The van der Waals surface area contributed by atoms with Gasteiger partial charge in [-0.1, -0.05) is 6.07 Å². The fourth-order valence-electron chi connectivity index (χ4n) is 2.69. The van der Waals surface area contributed by atoms with Crippen molar-refractivity contribution in [2.45, 2.75) is 25.8 Å². The van der Waals surface area contributed by atoms with Gasteiger partial charge < -0.3 is 0 Å². The van der Waals surface area contributed by atoms with E-state index in [9.17, 15) is 9.50 Å². The molecule has 0 amide bonds. The van der Waals surface area contributed by atoms with Crippen LogP contribution >= 0.6 is 15.9 Å². The second-order valence-corrected chi connectivity index (χ2v) is 8.00. The molecule has 0 aliphatic carbocycles. The van der Waals surface area contributed by atoms with Gasteiger partial charge in [-0.25, -0.2) is 0 Å². The van der Waals surface area contributed by atoms with Gasteiger partial charge in [0.2, 0.25) is 0 Å². The summed E-state index contributed by atoms with van der Waals surface area (Å²) in [5.41, 5.74) is 1.14. The normalized spacial score (nSPS) is 11.6. The third kappa shape index (κ3) is 11.0. The second kappa shape index (κ2) is 16.1. The summed E-state index contributed by atoms with van der Waals surface area (Å²) in [5, 5.41) is 15.7. The molecule has 0 spiro atoms. The topological polar surface area (TPSA) is 119 Å². The molecule has 0 saturated carbocycles. The first-order valence-electron chi connectivity index (χ1n) is 10.6. The summed E-state index contributed by atoms with van der Waals surface area (Å²) in [6.45, 7) is 2.57. The number of nitrogens with zero attached hydrogens (tertiary/aromatic N) is 2. The van der Waals surface area contributed by atoms with Crippen molar-refractivity contribution in [3.8, 4) is 5.75 Å². The first-order valence-corrected chi connectivity index (χ1v) is 11.4. The third-order valence-corrected chi connectivity index (χ3v) is 4.82. The fourth-order valence-corrected chi connectivity index (χ4v) is 3.05. The van der Waals surface area contributed by atoms with Gasteiger partial charge in [-0.15, -0.1) is 0 Å². The van der Waals surface area contributed by atoms with E-state index >= 15 is 0 Å². The molecule has 2 rings (SSSR count). The Kier molecular flexibility index (Phi) is 13.1. The Hall–Kier alpha value is -2.63. The van der Waals surface area contributed by atoms with Gasteiger partial charge in [0, 0.05) is 0 Å².